The molecule has 1 aromatic rings. The van der Waals surface area contributed by atoms with E-state index in [0.29, 0.717) is 15.7 Å². The van der Waals surface area contributed by atoms with Crippen LogP contribution in [0.1, 0.15) is 12.0 Å². The molecule has 1 saturated heterocycles. The Morgan fingerprint density at radius 1 is 1.35 bits per heavy atom. The van der Waals surface area contributed by atoms with Gasteiger partial charge in [0.05, 0.1) is 16.5 Å². The van der Waals surface area contributed by atoms with Gasteiger partial charge in [-0.25, -0.2) is 0 Å². The molecule has 20 heavy (non-hydrogen) atoms. The van der Waals surface area contributed by atoms with E-state index in [9.17, 15) is 17.1 Å². The molecule has 1 amide bonds. The molecular weight excluding hydrogens is 328 g/mol. The summed E-state index contributed by atoms with van der Waals surface area (Å²) in [5.74, 6) is -1.49. The van der Waals surface area contributed by atoms with E-state index in [2.05, 4.69) is 0 Å². The Bertz CT molecular complexity index is 663. The Morgan fingerprint density at radius 3 is 2.60 bits per heavy atom. The van der Waals surface area contributed by atoms with Gasteiger partial charge >= 0.3 is 10.2 Å². The van der Waals surface area contributed by atoms with Crippen molar-refractivity contribution in [3.05, 3.63) is 27.7 Å². The largest absolute Gasteiger partial charge is 0.311 e. The maximum atomic E-state index is 12.7. The summed E-state index contributed by atoms with van der Waals surface area (Å²) in [6, 6.07) is 3.19. The number of aryl methyl sites for hydroxylation is 1. The van der Waals surface area contributed by atoms with Gasteiger partial charge in [-0.2, -0.15) is 8.42 Å². The van der Waals surface area contributed by atoms with Crippen LogP contribution < -0.4 is 4.90 Å². The van der Waals surface area contributed by atoms with Crippen LogP contribution in [0.2, 0.25) is 10.0 Å². The van der Waals surface area contributed by atoms with Gasteiger partial charge in [-0.05, 0) is 24.6 Å². The molecule has 110 valence electrons. The predicted molar refractivity (Wildman–Crippen MR) is 76.6 cm³/mol. The number of halogens is 3. The van der Waals surface area contributed by atoms with E-state index >= 15 is 0 Å². The third kappa shape index (κ3) is 3.42. The fourth-order valence-corrected chi connectivity index (χ4v) is 3.53. The molecule has 8 heteroatoms. The summed E-state index contributed by atoms with van der Waals surface area (Å²) < 4.78 is 34.0. The zero-order valence-corrected chi connectivity index (χ0v) is 12.9. The SMILES string of the molecule is Cc1cc(N2CC(CS(=O)(=O)F)CC2=O)c(Cl)cc1Cl. The van der Waals surface area contributed by atoms with Crippen molar-refractivity contribution in [2.24, 2.45) is 5.92 Å². The number of amides is 1. The van der Waals surface area contributed by atoms with Crippen molar-refractivity contribution >= 4 is 45.0 Å². The van der Waals surface area contributed by atoms with Gasteiger partial charge in [-0.3, -0.25) is 4.79 Å². The number of anilines is 1. The number of carbonyl (C=O) groups is 1. The summed E-state index contributed by atoms with van der Waals surface area (Å²) >= 11 is 12.0. The van der Waals surface area contributed by atoms with E-state index in [1.165, 1.54) is 11.0 Å². The second-order valence-corrected chi connectivity index (χ2v) is 7.06. The third-order valence-corrected chi connectivity index (χ3v) is 4.74. The highest BCUT2D eigenvalue weighted by Crippen LogP contribution is 2.35. The first kappa shape index (κ1) is 15.5. The molecule has 1 atom stereocenters. The summed E-state index contributed by atoms with van der Waals surface area (Å²) in [5, 5.41) is 0.783. The van der Waals surface area contributed by atoms with Crippen LogP contribution in [-0.2, 0) is 15.0 Å². The van der Waals surface area contributed by atoms with Crippen LogP contribution in [0.25, 0.3) is 0 Å². The van der Waals surface area contributed by atoms with E-state index in [0.717, 1.165) is 5.56 Å². The van der Waals surface area contributed by atoms with Gasteiger partial charge in [0, 0.05) is 23.9 Å². The number of benzene rings is 1. The predicted octanol–water partition coefficient (Wildman–Crippen LogP) is 2.95. The first-order valence-electron chi connectivity index (χ1n) is 5.85. The Kier molecular flexibility index (Phi) is 4.27. The van der Waals surface area contributed by atoms with E-state index in [4.69, 9.17) is 23.2 Å². The van der Waals surface area contributed by atoms with Crippen LogP contribution in [0.5, 0.6) is 0 Å². The lowest BCUT2D eigenvalue weighted by Gasteiger charge is -2.19. The molecule has 1 fully saturated rings. The smallest absolute Gasteiger partial charge is 0.302 e. The molecule has 1 heterocycles. The third-order valence-electron chi connectivity index (χ3n) is 3.16. The lowest BCUT2D eigenvalue weighted by Crippen LogP contribution is -2.25. The molecule has 0 radical (unpaired) electrons. The van der Waals surface area contributed by atoms with Crippen molar-refractivity contribution in [1.82, 2.24) is 0 Å². The van der Waals surface area contributed by atoms with Crippen molar-refractivity contribution in [3.8, 4) is 0 Å². The standard InChI is InChI=1S/C12H12Cl2FNO3S/c1-7-2-11(10(14)4-9(7)13)16-5-8(3-12(16)17)6-20(15,18)19/h2,4,8H,3,5-6H2,1H3. The van der Waals surface area contributed by atoms with Crippen molar-refractivity contribution in [1.29, 1.82) is 0 Å². The first-order chi connectivity index (χ1) is 9.17. The van der Waals surface area contributed by atoms with E-state index in [-0.39, 0.29) is 18.9 Å². The van der Waals surface area contributed by atoms with Gasteiger partial charge in [0.15, 0.2) is 0 Å². The lowest BCUT2D eigenvalue weighted by molar-refractivity contribution is -0.117. The normalized spacial score (nSPS) is 19.7. The molecule has 0 spiro atoms. The minimum atomic E-state index is -4.59. The zero-order chi connectivity index (χ0) is 15.1. The highest BCUT2D eigenvalue weighted by molar-refractivity contribution is 7.86. The summed E-state index contributed by atoms with van der Waals surface area (Å²) in [5.41, 5.74) is 1.22. The first-order valence-corrected chi connectivity index (χ1v) is 8.16. The maximum Gasteiger partial charge on any atom is 0.302 e. The zero-order valence-electron chi connectivity index (χ0n) is 10.6. The van der Waals surface area contributed by atoms with Crippen LogP contribution in [-0.4, -0.2) is 26.6 Å². The van der Waals surface area contributed by atoms with Gasteiger partial charge in [-0.15, -0.1) is 3.89 Å². The molecule has 1 aromatic carbocycles. The monoisotopic (exact) mass is 339 g/mol. The Morgan fingerprint density at radius 2 is 2.00 bits per heavy atom. The molecule has 0 aliphatic carbocycles. The average molecular weight is 340 g/mol. The lowest BCUT2D eigenvalue weighted by atomic mass is 10.1. The second kappa shape index (κ2) is 5.50. The van der Waals surface area contributed by atoms with Gasteiger partial charge in [0.2, 0.25) is 5.91 Å². The van der Waals surface area contributed by atoms with Crippen molar-refractivity contribution in [3.63, 3.8) is 0 Å². The molecule has 2 rings (SSSR count). The topological polar surface area (TPSA) is 54.5 Å². The summed E-state index contributed by atoms with van der Waals surface area (Å²) in [6.45, 7) is 1.90. The number of hydrogen-bond acceptors (Lipinski definition) is 3. The molecule has 4 nitrogen and oxygen atoms in total. The highest BCUT2D eigenvalue weighted by Gasteiger charge is 2.34. The molecule has 0 bridgehead atoms. The molecule has 1 aliphatic heterocycles. The quantitative estimate of drug-likeness (QED) is 0.795. The van der Waals surface area contributed by atoms with Crippen molar-refractivity contribution in [2.45, 2.75) is 13.3 Å². The van der Waals surface area contributed by atoms with Gasteiger partial charge in [0.1, 0.15) is 0 Å². The molecular formula is C12H12Cl2FNO3S. The van der Waals surface area contributed by atoms with Crippen LogP contribution in [0.15, 0.2) is 12.1 Å². The number of nitrogens with zero attached hydrogens (tertiary/aromatic N) is 1. The second-order valence-electron chi connectivity index (χ2n) is 4.83. The molecule has 0 N–H and O–H groups in total. The van der Waals surface area contributed by atoms with Gasteiger partial charge in [-0.1, -0.05) is 23.2 Å². The highest BCUT2D eigenvalue weighted by atomic mass is 35.5. The Labute approximate surface area is 126 Å². The van der Waals surface area contributed by atoms with E-state index < -0.39 is 21.9 Å². The molecule has 0 aromatic heterocycles. The minimum Gasteiger partial charge on any atom is -0.311 e. The molecule has 1 aliphatic rings. The fourth-order valence-electron chi connectivity index (χ4n) is 2.26. The van der Waals surface area contributed by atoms with Crippen LogP contribution in [0.4, 0.5) is 9.57 Å². The summed E-state index contributed by atoms with van der Waals surface area (Å²) in [6.07, 6.45) is -0.0127. The van der Waals surface area contributed by atoms with E-state index in [1.807, 2.05) is 0 Å². The van der Waals surface area contributed by atoms with Crippen molar-refractivity contribution < 1.29 is 17.1 Å². The Hall–Kier alpha value is -0.850. The van der Waals surface area contributed by atoms with Crippen molar-refractivity contribution in [2.75, 3.05) is 17.2 Å². The molecule has 0 saturated carbocycles. The Balaban J connectivity index is 2.26. The minimum absolute atomic E-state index is 0.0127. The van der Waals surface area contributed by atoms with Crippen LogP contribution >= 0.6 is 23.2 Å². The van der Waals surface area contributed by atoms with E-state index in [1.54, 1.807) is 13.0 Å². The number of hydrogen-bond donors (Lipinski definition) is 0. The number of rotatable bonds is 3. The average Bonchev–Trinajstić information content (AvgIpc) is 2.62. The maximum absolute atomic E-state index is 12.7. The van der Waals surface area contributed by atoms with Gasteiger partial charge < -0.3 is 4.90 Å². The van der Waals surface area contributed by atoms with Gasteiger partial charge in [0.25, 0.3) is 0 Å². The summed E-state index contributed by atoms with van der Waals surface area (Å²) in [7, 11) is -4.59. The summed E-state index contributed by atoms with van der Waals surface area (Å²) in [4.78, 5) is 13.3. The van der Waals surface area contributed by atoms with Crippen LogP contribution in [0, 0.1) is 12.8 Å². The molecule has 1 unspecified atom stereocenters. The number of carbonyl (C=O) groups excluding carboxylic acids is 1. The van der Waals surface area contributed by atoms with Crippen LogP contribution in [0.3, 0.4) is 0 Å². The fraction of sp³-hybridized carbons (Fsp3) is 0.417.